The fourth-order valence-corrected chi connectivity index (χ4v) is 2.10. The molecule has 0 atom stereocenters. The van der Waals surface area contributed by atoms with Crippen LogP contribution < -0.4 is 0 Å². The molecule has 2 aromatic heterocycles. The standard InChI is InChI=1S/C17H18N2O5/c1-11-14(16(21)22-10-13(20)24-17(2,3)4)12(9-18)15(23-11)19-7-5-6-8-19/h5-8H,10H2,1-4H3. The van der Waals surface area contributed by atoms with Gasteiger partial charge in [0.25, 0.3) is 0 Å². The van der Waals surface area contributed by atoms with E-state index in [0.717, 1.165) is 0 Å². The zero-order valence-corrected chi connectivity index (χ0v) is 14.0. The highest BCUT2D eigenvalue weighted by atomic mass is 16.6. The molecule has 126 valence electrons. The average molecular weight is 330 g/mol. The smallest absolute Gasteiger partial charge is 0.344 e. The summed E-state index contributed by atoms with van der Waals surface area (Å²) in [6.07, 6.45) is 3.38. The van der Waals surface area contributed by atoms with Gasteiger partial charge in [0.15, 0.2) is 6.61 Å². The Morgan fingerprint density at radius 1 is 1.29 bits per heavy atom. The van der Waals surface area contributed by atoms with Crippen molar-refractivity contribution in [1.29, 1.82) is 5.26 Å². The number of carbonyl (C=O) groups excluding carboxylic acids is 2. The monoisotopic (exact) mass is 330 g/mol. The van der Waals surface area contributed by atoms with Gasteiger partial charge >= 0.3 is 11.9 Å². The third-order valence-electron chi connectivity index (χ3n) is 2.96. The van der Waals surface area contributed by atoms with Crippen LogP contribution in [0, 0.1) is 18.3 Å². The number of carbonyl (C=O) groups is 2. The van der Waals surface area contributed by atoms with Crippen molar-refractivity contribution in [2.75, 3.05) is 6.61 Å². The molecule has 0 radical (unpaired) electrons. The van der Waals surface area contributed by atoms with Crippen LogP contribution in [-0.2, 0) is 14.3 Å². The van der Waals surface area contributed by atoms with Gasteiger partial charge in [-0.3, -0.25) is 4.57 Å². The molecular weight excluding hydrogens is 312 g/mol. The molecule has 2 heterocycles. The second kappa shape index (κ2) is 6.62. The first-order valence-electron chi connectivity index (χ1n) is 7.28. The van der Waals surface area contributed by atoms with E-state index in [1.54, 1.807) is 56.8 Å². The third kappa shape index (κ3) is 3.84. The van der Waals surface area contributed by atoms with E-state index in [1.807, 2.05) is 6.07 Å². The lowest BCUT2D eigenvalue weighted by Gasteiger charge is -2.19. The van der Waals surface area contributed by atoms with Crippen LogP contribution in [0.3, 0.4) is 0 Å². The van der Waals surface area contributed by atoms with Crippen LogP contribution in [0.4, 0.5) is 0 Å². The van der Waals surface area contributed by atoms with Crippen LogP contribution in [-0.4, -0.2) is 28.7 Å². The summed E-state index contributed by atoms with van der Waals surface area (Å²) in [7, 11) is 0. The van der Waals surface area contributed by atoms with Crippen molar-refractivity contribution in [3.8, 4) is 12.0 Å². The van der Waals surface area contributed by atoms with Crippen molar-refractivity contribution in [3.05, 3.63) is 41.4 Å². The molecule has 2 aromatic rings. The van der Waals surface area contributed by atoms with Crippen molar-refractivity contribution in [1.82, 2.24) is 4.57 Å². The topological polar surface area (TPSA) is 94.5 Å². The van der Waals surface area contributed by atoms with Crippen molar-refractivity contribution >= 4 is 11.9 Å². The minimum absolute atomic E-state index is 0.00441. The van der Waals surface area contributed by atoms with Crippen LogP contribution in [0.1, 0.15) is 42.5 Å². The molecule has 0 aliphatic carbocycles. The molecule has 0 aromatic carbocycles. The molecule has 0 bridgehead atoms. The van der Waals surface area contributed by atoms with Crippen LogP contribution in [0.2, 0.25) is 0 Å². The largest absolute Gasteiger partial charge is 0.457 e. The van der Waals surface area contributed by atoms with E-state index in [9.17, 15) is 14.9 Å². The highest BCUT2D eigenvalue weighted by Crippen LogP contribution is 2.26. The number of aromatic nitrogens is 1. The second-order valence-electron chi connectivity index (χ2n) is 6.08. The van der Waals surface area contributed by atoms with Gasteiger partial charge in [-0.25, -0.2) is 9.59 Å². The Morgan fingerprint density at radius 2 is 1.92 bits per heavy atom. The predicted octanol–water partition coefficient (Wildman–Crippen LogP) is 2.75. The van der Waals surface area contributed by atoms with Gasteiger partial charge in [0, 0.05) is 12.4 Å². The number of ether oxygens (including phenoxy) is 2. The molecule has 0 amide bonds. The summed E-state index contributed by atoms with van der Waals surface area (Å²) in [4.78, 5) is 23.9. The Labute approximate surface area is 139 Å². The first-order valence-corrected chi connectivity index (χ1v) is 7.28. The lowest BCUT2D eigenvalue weighted by Crippen LogP contribution is -2.27. The first kappa shape index (κ1) is 17.3. The molecule has 0 unspecified atom stereocenters. The summed E-state index contributed by atoms with van der Waals surface area (Å²) in [6.45, 7) is 6.15. The molecule has 0 fully saturated rings. The number of esters is 2. The van der Waals surface area contributed by atoms with Crippen molar-refractivity contribution in [2.45, 2.75) is 33.3 Å². The molecule has 7 nitrogen and oxygen atoms in total. The number of hydrogen-bond acceptors (Lipinski definition) is 6. The zero-order valence-electron chi connectivity index (χ0n) is 14.0. The predicted molar refractivity (Wildman–Crippen MR) is 83.6 cm³/mol. The molecule has 0 N–H and O–H groups in total. The van der Waals surface area contributed by atoms with E-state index in [4.69, 9.17) is 13.9 Å². The second-order valence-corrected chi connectivity index (χ2v) is 6.08. The molecule has 0 saturated heterocycles. The summed E-state index contributed by atoms with van der Waals surface area (Å²) < 4.78 is 17.1. The molecular formula is C17H18N2O5. The first-order chi connectivity index (χ1) is 11.2. The Morgan fingerprint density at radius 3 is 2.46 bits per heavy atom. The Balaban J connectivity index is 2.19. The zero-order chi connectivity index (χ0) is 17.9. The van der Waals surface area contributed by atoms with Gasteiger partial charge in [0.2, 0.25) is 5.88 Å². The molecule has 24 heavy (non-hydrogen) atoms. The number of aryl methyl sites for hydroxylation is 1. The van der Waals surface area contributed by atoms with Gasteiger partial charge in [-0.2, -0.15) is 5.26 Å². The van der Waals surface area contributed by atoms with Crippen LogP contribution in [0.15, 0.2) is 28.9 Å². The number of nitrogens with zero attached hydrogens (tertiary/aromatic N) is 2. The Hall–Kier alpha value is -3.01. The maximum absolute atomic E-state index is 12.2. The van der Waals surface area contributed by atoms with Gasteiger partial charge in [-0.05, 0) is 39.8 Å². The van der Waals surface area contributed by atoms with Crippen LogP contribution in [0.25, 0.3) is 5.88 Å². The Kier molecular flexibility index (Phi) is 4.79. The van der Waals surface area contributed by atoms with Crippen LogP contribution in [0.5, 0.6) is 0 Å². The van der Waals surface area contributed by atoms with E-state index in [-0.39, 0.29) is 22.8 Å². The summed E-state index contributed by atoms with van der Waals surface area (Å²) in [5.74, 6) is -1.01. The summed E-state index contributed by atoms with van der Waals surface area (Å²) in [5.41, 5.74) is -0.614. The van der Waals surface area contributed by atoms with E-state index < -0.39 is 24.1 Å². The number of furan rings is 1. The Bertz CT molecular complexity index is 788. The molecule has 0 saturated carbocycles. The molecule has 0 spiro atoms. The maximum Gasteiger partial charge on any atom is 0.344 e. The highest BCUT2D eigenvalue weighted by molar-refractivity contribution is 5.95. The molecule has 0 aliphatic heterocycles. The summed E-state index contributed by atoms with van der Waals surface area (Å²) in [6, 6.07) is 5.48. The van der Waals surface area contributed by atoms with E-state index in [2.05, 4.69) is 0 Å². The molecule has 7 heteroatoms. The van der Waals surface area contributed by atoms with E-state index in [0.29, 0.717) is 0 Å². The number of rotatable bonds is 4. The maximum atomic E-state index is 12.2. The number of nitriles is 1. The molecule has 0 aliphatic rings. The number of hydrogen-bond donors (Lipinski definition) is 0. The van der Waals surface area contributed by atoms with Gasteiger partial charge in [-0.15, -0.1) is 0 Å². The minimum atomic E-state index is -0.808. The van der Waals surface area contributed by atoms with Crippen molar-refractivity contribution < 1.29 is 23.5 Å². The van der Waals surface area contributed by atoms with Crippen molar-refractivity contribution in [3.63, 3.8) is 0 Å². The van der Waals surface area contributed by atoms with Gasteiger partial charge in [-0.1, -0.05) is 0 Å². The van der Waals surface area contributed by atoms with E-state index >= 15 is 0 Å². The lowest BCUT2D eigenvalue weighted by atomic mass is 10.1. The SMILES string of the molecule is Cc1oc(-n2cccc2)c(C#N)c1C(=O)OCC(=O)OC(C)(C)C. The fraction of sp³-hybridized carbons (Fsp3) is 0.353. The third-order valence-corrected chi connectivity index (χ3v) is 2.96. The summed E-state index contributed by atoms with van der Waals surface area (Å²) in [5, 5.41) is 9.37. The van der Waals surface area contributed by atoms with Crippen molar-refractivity contribution in [2.24, 2.45) is 0 Å². The average Bonchev–Trinajstić information content (AvgIpc) is 3.09. The van der Waals surface area contributed by atoms with E-state index in [1.165, 1.54) is 0 Å². The summed E-state index contributed by atoms with van der Waals surface area (Å²) >= 11 is 0. The highest BCUT2D eigenvalue weighted by Gasteiger charge is 2.27. The van der Waals surface area contributed by atoms with Gasteiger partial charge < -0.3 is 13.9 Å². The minimum Gasteiger partial charge on any atom is -0.457 e. The molecule has 2 rings (SSSR count). The fourth-order valence-electron chi connectivity index (χ4n) is 2.10. The van der Waals surface area contributed by atoms with Crippen LogP contribution >= 0.6 is 0 Å². The quantitative estimate of drug-likeness (QED) is 0.800. The van der Waals surface area contributed by atoms with Gasteiger partial charge in [0.05, 0.1) is 0 Å². The van der Waals surface area contributed by atoms with Gasteiger partial charge in [0.1, 0.15) is 28.6 Å². The normalized spacial score (nSPS) is 11.0. The lowest BCUT2D eigenvalue weighted by molar-refractivity contribution is -0.158.